The predicted molar refractivity (Wildman–Crippen MR) is 102 cm³/mol. The maximum atomic E-state index is 5.81. The van der Waals surface area contributed by atoms with E-state index < -0.39 is 0 Å². The first-order chi connectivity index (χ1) is 12.3. The number of hydrogen-bond acceptors (Lipinski definition) is 5. The Morgan fingerprint density at radius 2 is 2.04 bits per heavy atom. The maximum absolute atomic E-state index is 5.81. The lowest BCUT2D eigenvalue weighted by Crippen LogP contribution is -2.21. The standard InChI is InChI=1S/C20H21N3OS/c1-12-21-19(18-14-7-3-5-9-17(14)25-20(18)22-12)23-15-10-11-24-16-8-4-2-6-13(15)16/h2,4,6,8,15H,3,5,7,9-11H2,1H3,(H,21,22,23)/t15-/m0/s1. The van der Waals surface area contributed by atoms with Crippen LogP contribution in [0, 0.1) is 6.92 Å². The summed E-state index contributed by atoms with van der Waals surface area (Å²) in [6, 6.07) is 8.55. The number of anilines is 1. The molecule has 0 spiro atoms. The van der Waals surface area contributed by atoms with E-state index in [1.165, 1.54) is 40.7 Å². The Hall–Kier alpha value is -2.14. The largest absolute Gasteiger partial charge is 0.493 e. The molecule has 0 radical (unpaired) electrons. The number of hydrogen-bond donors (Lipinski definition) is 1. The third-order valence-corrected chi connectivity index (χ3v) is 6.38. The third kappa shape index (κ3) is 2.58. The molecule has 0 saturated heterocycles. The molecular weight excluding hydrogens is 330 g/mol. The molecule has 1 atom stereocenters. The fourth-order valence-corrected chi connectivity index (χ4v) is 5.33. The van der Waals surface area contributed by atoms with Crippen molar-refractivity contribution in [2.75, 3.05) is 11.9 Å². The number of aromatic nitrogens is 2. The number of para-hydroxylation sites is 1. The first-order valence-electron chi connectivity index (χ1n) is 9.07. The van der Waals surface area contributed by atoms with Gasteiger partial charge in [-0.3, -0.25) is 0 Å². The molecule has 1 aliphatic heterocycles. The highest BCUT2D eigenvalue weighted by Crippen LogP contribution is 2.41. The molecule has 128 valence electrons. The van der Waals surface area contributed by atoms with Gasteiger partial charge in [-0.2, -0.15) is 0 Å². The number of rotatable bonds is 2. The van der Waals surface area contributed by atoms with Crippen molar-refractivity contribution in [1.82, 2.24) is 9.97 Å². The average Bonchev–Trinajstić information content (AvgIpc) is 3.00. The zero-order chi connectivity index (χ0) is 16.8. The van der Waals surface area contributed by atoms with Crippen LogP contribution in [0.3, 0.4) is 0 Å². The van der Waals surface area contributed by atoms with Crippen LogP contribution < -0.4 is 10.1 Å². The van der Waals surface area contributed by atoms with Gasteiger partial charge in [0.15, 0.2) is 0 Å². The lowest BCUT2D eigenvalue weighted by atomic mass is 9.96. The van der Waals surface area contributed by atoms with Crippen LogP contribution in [0.5, 0.6) is 5.75 Å². The molecule has 0 unspecified atom stereocenters. The van der Waals surface area contributed by atoms with Gasteiger partial charge in [-0.1, -0.05) is 18.2 Å². The van der Waals surface area contributed by atoms with Gasteiger partial charge < -0.3 is 10.1 Å². The predicted octanol–water partition coefficient (Wildman–Crippen LogP) is 4.81. The highest BCUT2D eigenvalue weighted by molar-refractivity contribution is 7.19. The Labute approximate surface area is 151 Å². The summed E-state index contributed by atoms with van der Waals surface area (Å²) in [5.41, 5.74) is 2.70. The number of nitrogens with one attached hydrogen (secondary N) is 1. The Morgan fingerprint density at radius 1 is 1.16 bits per heavy atom. The lowest BCUT2D eigenvalue weighted by Gasteiger charge is -2.27. The molecular formula is C20H21N3OS. The van der Waals surface area contributed by atoms with Crippen LogP contribution >= 0.6 is 11.3 Å². The molecule has 0 fully saturated rings. The summed E-state index contributed by atoms with van der Waals surface area (Å²) in [5.74, 6) is 2.83. The second-order valence-electron chi connectivity index (χ2n) is 6.88. The molecule has 2 aliphatic rings. The first kappa shape index (κ1) is 15.1. The van der Waals surface area contributed by atoms with Crippen molar-refractivity contribution in [3.8, 4) is 5.75 Å². The van der Waals surface area contributed by atoms with Gasteiger partial charge >= 0.3 is 0 Å². The van der Waals surface area contributed by atoms with E-state index in [9.17, 15) is 0 Å². The zero-order valence-electron chi connectivity index (χ0n) is 14.3. The van der Waals surface area contributed by atoms with Gasteiger partial charge in [-0.05, 0) is 44.2 Å². The maximum Gasteiger partial charge on any atom is 0.139 e. The van der Waals surface area contributed by atoms with Gasteiger partial charge in [0.2, 0.25) is 0 Å². The average molecular weight is 351 g/mol. The van der Waals surface area contributed by atoms with Gasteiger partial charge in [-0.15, -0.1) is 11.3 Å². The summed E-state index contributed by atoms with van der Waals surface area (Å²) in [6.07, 6.45) is 5.86. The van der Waals surface area contributed by atoms with Crippen LogP contribution in [-0.2, 0) is 12.8 Å². The van der Waals surface area contributed by atoms with Crippen LogP contribution in [-0.4, -0.2) is 16.6 Å². The van der Waals surface area contributed by atoms with Gasteiger partial charge in [0.05, 0.1) is 18.0 Å². The van der Waals surface area contributed by atoms with Crippen molar-refractivity contribution in [3.63, 3.8) is 0 Å². The zero-order valence-corrected chi connectivity index (χ0v) is 15.2. The van der Waals surface area contributed by atoms with E-state index in [4.69, 9.17) is 14.7 Å². The van der Waals surface area contributed by atoms with E-state index in [0.29, 0.717) is 0 Å². The van der Waals surface area contributed by atoms with Crippen LogP contribution in [0.15, 0.2) is 24.3 Å². The van der Waals surface area contributed by atoms with E-state index in [1.807, 2.05) is 24.3 Å². The van der Waals surface area contributed by atoms with Gasteiger partial charge in [0.1, 0.15) is 22.2 Å². The van der Waals surface area contributed by atoms with Crippen LogP contribution in [0.25, 0.3) is 10.2 Å². The van der Waals surface area contributed by atoms with E-state index in [1.54, 1.807) is 0 Å². The van der Waals surface area contributed by atoms with Crippen molar-refractivity contribution in [2.45, 2.75) is 45.1 Å². The normalized spacial score (nSPS) is 19.2. The molecule has 25 heavy (non-hydrogen) atoms. The minimum Gasteiger partial charge on any atom is -0.493 e. The molecule has 3 aromatic rings. The van der Waals surface area contributed by atoms with Crippen molar-refractivity contribution in [3.05, 3.63) is 46.1 Å². The summed E-state index contributed by atoms with van der Waals surface area (Å²) in [4.78, 5) is 12.2. The van der Waals surface area contributed by atoms with Gasteiger partial charge in [0, 0.05) is 16.9 Å². The number of ether oxygens (including phenoxy) is 1. The molecule has 0 amide bonds. The number of thiophene rings is 1. The van der Waals surface area contributed by atoms with E-state index >= 15 is 0 Å². The highest BCUT2D eigenvalue weighted by atomic mass is 32.1. The molecule has 1 aliphatic carbocycles. The van der Waals surface area contributed by atoms with E-state index in [2.05, 4.69) is 23.5 Å². The van der Waals surface area contributed by atoms with E-state index in [-0.39, 0.29) is 6.04 Å². The molecule has 4 nitrogen and oxygen atoms in total. The summed E-state index contributed by atoms with van der Waals surface area (Å²) >= 11 is 1.86. The Bertz CT molecular complexity index is 950. The molecule has 0 bridgehead atoms. The van der Waals surface area contributed by atoms with Gasteiger partial charge in [-0.25, -0.2) is 9.97 Å². The minimum absolute atomic E-state index is 0.238. The molecule has 2 aromatic heterocycles. The molecule has 1 aromatic carbocycles. The minimum atomic E-state index is 0.238. The number of benzene rings is 1. The number of aryl methyl sites for hydroxylation is 3. The Balaban J connectivity index is 1.61. The molecule has 3 heterocycles. The topological polar surface area (TPSA) is 47.0 Å². The van der Waals surface area contributed by atoms with Crippen molar-refractivity contribution in [2.24, 2.45) is 0 Å². The highest BCUT2D eigenvalue weighted by Gasteiger charge is 2.25. The second-order valence-corrected chi connectivity index (χ2v) is 7.97. The fraction of sp³-hybridized carbons (Fsp3) is 0.400. The summed E-state index contributed by atoms with van der Waals surface area (Å²) in [6.45, 7) is 2.73. The van der Waals surface area contributed by atoms with Crippen molar-refractivity contribution >= 4 is 27.4 Å². The quantitative estimate of drug-likeness (QED) is 0.719. The van der Waals surface area contributed by atoms with Crippen molar-refractivity contribution < 1.29 is 4.74 Å². The summed E-state index contributed by atoms with van der Waals surface area (Å²) in [7, 11) is 0. The van der Waals surface area contributed by atoms with Gasteiger partial charge in [0.25, 0.3) is 0 Å². The molecule has 5 heteroatoms. The Kier molecular flexibility index (Phi) is 3.63. The fourth-order valence-electron chi connectivity index (χ4n) is 4.03. The number of fused-ring (bicyclic) bond motifs is 4. The van der Waals surface area contributed by atoms with Crippen LogP contribution in [0.4, 0.5) is 5.82 Å². The SMILES string of the molecule is Cc1nc(N[C@H]2CCOc3ccccc32)c2c3c(sc2n1)CCCC3. The van der Waals surface area contributed by atoms with Crippen LogP contribution in [0.2, 0.25) is 0 Å². The van der Waals surface area contributed by atoms with E-state index in [0.717, 1.165) is 41.7 Å². The Morgan fingerprint density at radius 3 is 3.00 bits per heavy atom. The smallest absolute Gasteiger partial charge is 0.139 e. The summed E-state index contributed by atoms with van der Waals surface area (Å²) in [5, 5.41) is 4.99. The third-order valence-electron chi connectivity index (χ3n) is 5.20. The lowest BCUT2D eigenvalue weighted by molar-refractivity contribution is 0.274. The second kappa shape index (κ2) is 5.99. The first-order valence-corrected chi connectivity index (χ1v) is 9.88. The molecule has 1 N–H and O–H groups in total. The number of nitrogens with zero attached hydrogens (tertiary/aromatic N) is 2. The molecule has 0 saturated carbocycles. The van der Waals surface area contributed by atoms with Crippen molar-refractivity contribution in [1.29, 1.82) is 0 Å². The van der Waals surface area contributed by atoms with Crippen LogP contribution in [0.1, 0.15) is 47.1 Å². The molecule has 5 rings (SSSR count). The summed E-state index contributed by atoms with van der Waals surface area (Å²) < 4.78 is 5.81. The monoisotopic (exact) mass is 351 g/mol.